The summed E-state index contributed by atoms with van der Waals surface area (Å²) in [6, 6.07) is 15.6. The number of esters is 1. The molecule has 0 unspecified atom stereocenters. The van der Waals surface area contributed by atoms with E-state index in [4.69, 9.17) is 4.74 Å². The summed E-state index contributed by atoms with van der Waals surface area (Å²) in [5.41, 5.74) is 1.74. The molecule has 0 fully saturated rings. The van der Waals surface area contributed by atoms with Gasteiger partial charge in [-0.1, -0.05) is 42.5 Å². The zero-order valence-electron chi connectivity index (χ0n) is 15.3. The van der Waals surface area contributed by atoms with E-state index < -0.39 is 24.4 Å². The molecule has 0 aliphatic rings. The number of hydrogen-bond donors (Lipinski definition) is 2. The molecular formula is C21H20N2O5. The second-order valence-corrected chi connectivity index (χ2v) is 5.81. The topological polar surface area (TPSA) is 102 Å². The van der Waals surface area contributed by atoms with Gasteiger partial charge in [0.25, 0.3) is 5.91 Å². The molecule has 0 saturated carbocycles. The molecule has 0 heterocycles. The van der Waals surface area contributed by atoms with Crippen LogP contribution in [0.25, 0.3) is 6.08 Å². The van der Waals surface area contributed by atoms with Crippen LogP contribution in [0.3, 0.4) is 0 Å². The van der Waals surface area contributed by atoms with E-state index in [-0.39, 0.29) is 12.3 Å². The van der Waals surface area contributed by atoms with Crippen LogP contribution in [0.1, 0.15) is 22.8 Å². The monoisotopic (exact) mass is 380 g/mol. The minimum absolute atomic E-state index is 0.125. The Morgan fingerprint density at radius 1 is 1.00 bits per heavy atom. The first-order valence-corrected chi connectivity index (χ1v) is 8.51. The van der Waals surface area contributed by atoms with E-state index in [1.54, 1.807) is 24.3 Å². The van der Waals surface area contributed by atoms with Gasteiger partial charge in [-0.05, 0) is 30.7 Å². The van der Waals surface area contributed by atoms with E-state index in [0.29, 0.717) is 11.3 Å². The van der Waals surface area contributed by atoms with E-state index >= 15 is 0 Å². The van der Waals surface area contributed by atoms with Crippen LogP contribution < -0.4 is 10.6 Å². The fraction of sp³-hybridized carbons (Fsp3) is 0.143. The Bertz CT molecular complexity index is 891. The molecule has 0 aromatic heterocycles. The van der Waals surface area contributed by atoms with E-state index in [2.05, 4.69) is 10.6 Å². The molecular weight excluding hydrogens is 360 g/mol. The molecule has 2 N–H and O–H groups in total. The van der Waals surface area contributed by atoms with Gasteiger partial charge in [0.05, 0.1) is 0 Å². The lowest BCUT2D eigenvalue weighted by Crippen LogP contribution is -2.31. The van der Waals surface area contributed by atoms with Gasteiger partial charge >= 0.3 is 5.97 Å². The lowest BCUT2D eigenvalue weighted by Gasteiger charge is -2.07. The molecule has 144 valence electrons. The molecule has 0 atom stereocenters. The van der Waals surface area contributed by atoms with Gasteiger partial charge in [-0.3, -0.25) is 19.2 Å². The van der Waals surface area contributed by atoms with Gasteiger partial charge in [0.15, 0.2) is 12.4 Å². The van der Waals surface area contributed by atoms with Crippen LogP contribution in [-0.4, -0.2) is 36.7 Å². The van der Waals surface area contributed by atoms with E-state index in [1.165, 1.54) is 19.1 Å². The Hall–Kier alpha value is -3.74. The predicted octanol–water partition coefficient (Wildman–Crippen LogP) is 2.20. The number of carbonyl (C=O) groups excluding carboxylic acids is 4. The number of rotatable bonds is 8. The summed E-state index contributed by atoms with van der Waals surface area (Å²) in [5, 5.41) is 4.91. The third-order valence-corrected chi connectivity index (χ3v) is 3.55. The number of amides is 2. The summed E-state index contributed by atoms with van der Waals surface area (Å²) in [6.45, 7) is 0.565. The molecule has 28 heavy (non-hydrogen) atoms. The summed E-state index contributed by atoms with van der Waals surface area (Å²) < 4.78 is 4.81. The van der Waals surface area contributed by atoms with Gasteiger partial charge in [-0.25, -0.2) is 0 Å². The van der Waals surface area contributed by atoms with Crippen molar-refractivity contribution in [2.75, 3.05) is 18.5 Å². The summed E-state index contributed by atoms with van der Waals surface area (Å²) in [5.74, 6) is -1.87. The Kier molecular flexibility index (Phi) is 7.65. The molecule has 2 aromatic carbocycles. The highest BCUT2D eigenvalue weighted by Crippen LogP contribution is 2.11. The molecule has 0 aliphatic carbocycles. The third-order valence-electron chi connectivity index (χ3n) is 3.55. The normalized spacial score (nSPS) is 10.3. The van der Waals surface area contributed by atoms with Gasteiger partial charge in [0.1, 0.15) is 6.54 Å². The molecule has 2 aromatic rings. The smallest absolute Gasteiger partial charge is 0.325 e. The molecule has 7 nitrogen and oxygen atoms in total. The van der Waals surface area contributed by atoms with Crippen molar-refractivity contribution in [2.45, 2.75) is 6.92 Å². The average molecular weight is 380 g/mol. The Balaban J connectivity index is 1.71. The number of Topliss-reactive ketones (excluding diaryl/α,β-unsaturated/α-hetero) is 1. The number of hydrogen-bond acceptors (Lipinski definition) is 5. The first-order valence-electron chi connectivity index (χ1n) is 8.51. The standard InChI is InChI=1S/C21H20N2O5/c1-15(24)17-8-5-9-18(12-17)23-20(26)14-28-21(27)13-22-19(25)11-10-16-6-3-2-4-7-16/h2-12H,13-14H2,1H3,(H,22,25)(H,23,26)/b11-10+. The summed E-state index contributed by atoms with van der Waals surface area (Å²) in [4.78, 5) is 46.5. The SMILES string of the molecule is CC(=O)c1cccc(NC(=O)COC(=O)CNC(=O)/C=C/c2ccccc2)c1. The largest absolute Gasteiger partial charge is 0.454 e. The molecule has 0 saturated heterocycles. The van der Waals surface area contributed by atoms with Crippen molar-refractivity contribution in [2.24, 2.45) is 0 Å². The third kappa shape index (κ3) is 7.25. The second-order valence-electron chi connectivity index (χ2n) is 5.81. The second kappa shape index (κ2) is 10.4. The average Bonchev–Trinajstić information content (AvgIpc) is 2.70. The Morgan fingerprint density at radius 3 is 2.46 bits per heavy atom. The van der Waals surface area contributed by atoms with Gasteiger partial charge in [-0.2, -0.15) is 0 Å². The molecule has 7 heteroatoms. The summed E-state index contributed by atoms with van der Waals surface area (Å²) in [6.07, 6.45) is 2.92. The number of ketones is 1. The fourth-order valence-corrected chi connectivity index (χ4v) is 2.16. The van der Waals surface area contributed by atoms with Crippen molar-refractivity contribution in [3.05, 3.63) is 71.8 Å². The highest BCUT2D eigenvalue weighted by atomic mass is 16.5. The maximum Gasteiger partial charge on any atom is 0.325 e. The van der Waals surface area contributed by atoms with E-state index in [0.717, 1.165) is 5.56 Å². The number of benzene rings is 2. The summed E-state index contributed by atoms with van der Waals surface area (Å²) in [7, 11) is 0. The quantitative estimate of drug-likeness (QED) is 0.415. The van der Waals surface area contributed by atoms with Gasteiger partial charge in [0, 0.05) is 17.3 Å². The predicted molar refractivity (Wildman–Crippen MR) is 105 cm³/mol. The van der Waals surface area contributed by atoms with Crippen LogP contribution >= 0.6 is 0 Å². The zero-order valence-corrected chi connectivity index (χ0v) is 15.3. The van der Waals surface area contributed by atoms with Crippen LogP contribution in [0.2, 0.25) is 0 Å². The number of carbonyl (C=O) groups is 4. The van der Waals surface area contributed by atoms with Gasteiger partial charge in [-0.15, -0.1) is 0 Å². The minimum atomic E-state index is -0.742. The molecule has 0 spiro atoms. The Morgan fingerprint density at radius 2 is 1.75 bits per heavy atom. The van der Waals surface area contributed by atoms with Gasteiger partial charge < -0.3 is 15.4 Å². The maximum atomic E-state index is 11.8. The summed E-state index contributed by atoms with van der Waals surface area (Å²) >= 11 is 0. The van der Waals surface area contributed by atoms with Crippen LogP contribution in [0.4, 0.5) is 5.69 Å². The first kappa shape index (κ1) is 20.6. The molecule has 0 aliphatic heterocycles. The zero-order chi connectivity index (χ0) is 20.4. The molecule has 0 bridgehead atoms. The van der Waals surface area contributed by atoms with Crippen molar-refractivity contribution in [1.29, 1.82) is 0 Å². The van der Waals surface area contributed by atoms with Crippen molar-refractivity contribution in [3.63, 3.8) is 0 Å². The van der Waals surface area contributed by atoms with Crippen LogP contribution in [-0.2, 0) is 19.1 Å². The van der Waals surface area contributed by atoms with Crippen molar-refractivity contribution < 1.29 is 23.9 Å². The first-order chi connectivity index (χ1) is 13.4. The maximum absolute atomic E-state index is 11.8. The van der Waals surface area contributed by atoms with Crippen molar-refractivity contribution in [1.82, 2.24) is 5.32 Å². The van der Waals surface area contributed by atoms with E-state index in [9.17, 15) is 19.2 Å². The highest BCUT2D eigenvalue weighted by Gasteiger charge is 2.09. The lowest BCUT2D eigenvalue weighted by molar-refractivity contribution is -0.146. The van der Waals surface area contributed by atoms with Crippen LogP contribution in [0.5, 0.6) is 0 Å². The van der Waals surface area contributed by atoms with E-state index in [1.807, 2.05) is 30.3 Å². The molecule has 2 amide bonds. The molecule has 0 radical (unpaired) electrons. The fourth-order valence-electron chi connectivity index (χ4n) is 2.16. The van der Waals surface area contributed by atoms with Gasteiger partial charge in [0.2, 0.25) is 5.91 Å². The molecule has 2 rings (SSSR count). The van der Waals surface area contributed by atoms with Crippen LogP contribution in [0.15, 0.2) is 60.7 Å². The highest BCUT2D eigenvalue weighted by molar-refractivity contribution is 5.98. The number of anilines is 1. The Labute approximate surface area is 162 Å². The van der Waals surface area contributed by atoms with Crippen molar-refractivity contribution in [3.8, 4) is 0 Å². The lowest BCUT2D eigenvalue weighted by atomic mass is 10.1. The minimum Gasteiger partial charge on any atom is -0.454 e. The number of nitrogens with one attached hydrogen (secondary N) is 2. The van der Waals surface area contributed by atoms with Crippen LogP contribution in [0, 0.1) is 0 Å². The van der Waals surface area contributed by atoms with Crippen molar-refractivity contribution >= 4 is 35.3 Å². The number of ether oxygens (including phenoxy) is 1.